The van der Waals surface area contributed by atoms with E-state index in [1.54, 1.807) is 19.1 Å². The number of amides is 1. The van der Waals surface area contributed by atoms with Gasteiger partial charge in [-0.15, -0.1) is 0 Å². The van der Waals surface area contributed by atoms with Crippen molar-refractivity contribution in [2.75, 3.05) is 25.5 Å². The van der Waals surface area contributed by atoms with Gasteiger partial charge in [0.05, 0.1) is 18.6 Å². The Balaban J connectivity index is 2.16. The fourth-order valence-corrected chi connectivity index (χ4v) is 3.89. The second kappa shape index (κ2) is 8.33. The number of hydrogen-bond donors (Lipinski definition) is 1. The van der Waals surface area contributed by atoms with Crippen molar-refractivity contribution in [2.24, 2.45) is 0 Å². The molecule has 0 fully saturated rings. The number of likely N-dealkylation sites (N-methyl/N-ethyl adjacent to an activating group) is 1. The van der Waals surface area contributed by atoms with Gasteiger partial charge in [-0.05, 0) is 55.3 Å². The second-order valence-corrected chi connectivity index (χ2v) is 7.91. The highest BCUT2D eigenvalue weighted by Gasteiger charge is 2.25. The molecule has 0 heterocycles. The maximum absolute atomic E-state index is 12.8. The number of sulfonamides is 1. The lowest BCUT2D eigenvalue weighted by atomic mass is 10.1. The van der Waals surface area contributed by atoms with E-state index in [-0.39, 0.29) is 23.9 Å². The highest BCUT2D eigenvalue weighted by Crippen LogP contribution is 2.20. The number of benzene rings is 2. The zero-order chi connectivity index (χ0) is 19.3. The summed E-state index contributed by atoms with van der Waals surface area (Å²) in [5, 5.41) is 2.79. The molecule has 0 aliphatic rings. The Bertz CT molecular complexity index is 877. The molecule has 140 valence electrons. The number of aryl methyl sites for hydroxylation is 2. The van der Waals surface area contributed by atoms with Crippen molar-refractivity contribution in [3.63, 3.8) is 0 Å². The van der Waals surface area contributed by atoms with Gasteiger partial charge >= 0.3 is 0 Å². The molecular weight excluding hydrogens is 352 g/mol. The Kier molecular flexibility index (Phi) is 6.39. The van der Waals surface area contributed by atoms with Crippen molar-refractivity contribution in [2.45, 2.75) is 25.7 Å². The molecule has 0 aromatic heterocycles. The lowest BCUT2D eigenvalue weighted by Gasteiger charge is -2.20. The topological polar surface area (TPSA) is 75.7 Å². The van der Waals surface area contributed by atoms with Gasteiger partial charge in [0.15, 0.2) is 0 Å². The van der Waals surface area contributed by atoms with E-state index in [1.165, 1.54) is 19.2 Å². The molecule has 26 heavy (non-hydrogen) atoms. The van der Waals surface area contributed by atoms with Crippen LogP contribution in [0.3, 0.4) is 0 Å². The highest BCUT2D eigenvalue weighted by atomic mass is 32.2. The lowest BCUT2D eigenvalue weighted by Crippen LogP contribution is -2.37. The van der Waals surface area contributed by atoms with Crippen molar-refractivity contribution >= 4 is 21.6 Å². The molecule has 2 rings (SSSR count). The van der Waals surface area contributed by atoms with E-state index >= 15 is 0 Å². The third-order valence-electron chi connectivity index (χ3n) is 4.04. The first-order valence-electron chi connectivity index (χ1n) is 8.29. The molecule has 2 aromatic rings. The molecule has 6 nitrogen and oxygen atoms in total. The van der Waals surface area contributed by atoms with E-state index in [1.807, 2.05) is 32.0 Å². The molecule has 0 unspecified atom stereocenters. The number of hydrogen-bond acceptors (Lipinski definition) is 4. The molecule has 2 aromatic carbocycles. The van der Waals surface area contributed by atoms with Crippen molar-refractivity contribution in [3.8, 4) is 5.75 Å². The monoisotopic (exact) mass is 376 g/mol. The lowest BCUT2D eigenvalue weighted by molar-refractivity contribution is -0.116. The van der Waals surface area contributed by atoms with Crippen LogP contribution in [0.4, 0.5) is 5.69 Å². The molecule has 0 aliphatic carbocycles. The summed E-state index contributed by atoms with van der Waals surface area (Å²) in [5.74, 6) is 0.192. The van der Waals surface area contributed by atoms with E-state index in [0.717, 1.165) is 15.4 Å². The minimum atomic E-state index is -3.76. The Morgan fingerprint density at radius 1 is 1.12 bits per heavy atom. The molecule has 7 heteroatoms. The average Bonchev–Trinajstić information content (AvgIpc) is 2.62. The van der Waals surface area contributed by atoms with Gasteiger partial charge in [0.2, 0.25) is 15.9 Å². The number of methoxy groups -OCH3 is 1. The number of ether oxygens (including phenoxy) is 1. The third-order valence-corrected chi connectivity index (χ3v) is 5.97. The predicted octanol–water partition coefficient (Wildman–Crippen LogP) is 2.96. The van der Waals surface area contributed by atoms with Crippen molar-refractivity contribution in [3.05, 3.63) is 53.6 Å². The zero-order valence-corrected chi connectivity index (χ0v) is 16.3. The van der Waals surface area contributed by atoms with Crippen LogP contribution in [-0.2, 0) is 14.8 Å². The summed E-state index contributed by atoms with van der Waals surface area (Å²) in [6, 6.07) is 11.8. The van der Waals surface area contributed by atoms with Gasteiger partial charge in [0, 0.05) is 12.2 Å². The first-order valence-corrected chi connectivity index (χ1v) is 9.73. The van der Waals surface area contributed by atoms with Gasteiger partial charge in [-0.2, -0.15) is 4.31 Å². The first-order chi connectivity index (χ1) is 12.3. The molecule has 0 atom stereocenters. The maximum Gasteiger partial charge on any atom is 0.243 e. The average molecular weight is 376 g/mol. The first kappa shape index (κ1) is 19.9. The van der Waals surface area contributed by atoms with Crippen LogP contribution in [0.1, 0.15) is 18.1 Å². The molecule has 0 aliphatic heterocycles. The van der Waals surface area contributed by atoms with Gasteiger partial charge < -0.3 is 10.1 Å². The zero-order valence-electron chi connectivity index (χ0n) is 15.4. The Morgan fingerprint density at radius 2 is 1.77 bits per heavy atom. The van der Waals surface area contributed by atoms with Crippen molar-refractivity contribution in [1.82, 2.24) is 4.31 Å². The Labute approximate surface area is 154 Å². The normalized spacial score (nSPS) is 11.4. The van der Waals surface area contributed by atoms with E-state index < -0.39 is 10.0 Å². The standard InChI is InChI=1S/C19H24N2O4S/c1-5-21(26(23,24)17-10-8-16(25-4)9-11-17)13-19(22)20-18-12-14(2)6-7-15(18)3/h6-12H,5,13H2,1-4H3,(H,20,22). The molecule has 0 saturated heterocycles. The molecule has 0 radical (unpaired) electrons. The van der Waals surface area contributed by atoms with E-state index in [2.05, 4.69) is 5.32 Å². The molecule has 1 amide bonds. The maximum atomic E-state index is 12.8. The van der Waals surface area contributed by atoms with E-state index in [9.17, 15) is 13.2 Å². The quantitative estimate of drug-likeness (QED) is 0.806. The van der Waals surface area contributed by atoms with Gasteiger partial charge in [-0.3, -0.25) is 4.79 Å². The largest absolute Gasteiger partial charge is 0.497 e. The van der Waals surface area contributed by atoms with Gasteiger partial charge in [0.25, 0.3) is 0 Å². The predicted molar refractivity (Wildman–Crippen MR) is 102 cm³/mol. The fraction of sp³-hybridized carbons (Fsp3) is 0.316. The molecular formula is C19H24N2O4S. The molecule has 0 saturated carbocycles. The third kappa shape index (κ3) is 4.62. The number of carbonyl (C=O) groups excluding carboxylic acids is 1. The van der Waals surface area contributed by atoms with Crippen LogP contribution < -0.4 is 10.1 Å². The number of nitrogens with zero attached hydrogens (tertiary/aromatic N) is 1. The number of carbonyl (C=O) groups is 1. The van der Waals surface area contributed by atoms with Gasteiger partial charge in [0.1, 0.15) is 5.75 Å². The molecule has 1 N–H and O–H groups in total. The Hall–Kier alpha value is -2.38. The summed E-state index contributed by atoms with van der Waals surface area (Å²) >= 11 is 0. The summed E-state index contributed by atoms with van der Waals surface area (Å²) in [6.07, 6.45) is 0. The SMILES string of the molecule is CCN(CC(=O)Nc1cc(C)ccc1C)S(=O)(=O)c1ccc(OC)cc1. The fourth-order valence-electron chi connectivity index (χ4n) is 2.48. The second-order valence-electron chi connectivity index (χ2n) is 5.97. The molecule has 0 bridgehead atoms. The van der Waals surface area contributed by atoms with Crippen molar-refractivity contribution in [1.29, 1.82) is 0 Å². The van der Waals surface area contributed by atoms with E-state index in [0.29, 0.717) is 11.4 Å². The number of nitrogens with one attached hydrogen (secondary N) is 1. The summed E-state index contributed by atoms with van der Waals surface area (Å²) in [4.78, 5) is 12.5. The highest BCUT2D eigenvalue weighted by molar-refractivity contribution is 7.89. The van der Waals surface area contributed by atoms with Crippen LogP contribution in [-0.4, -0.2) is 38.8 Å². The number of anilines is 1. The van der Waals surface area contributed by atoms with Gasteiger partial charge in [-0.25, -0.2) is 8.42 Å². The minimum absolute atomic E-state index is 0.125. The van der Waals surface area contributed by atoms with Crippen LogP contribution >= 0.6 is 0 Å². The van der Waals surface area contributed by atoms with Crippen LogP contribution in [0.25, 0.3) is 0 Å². The molecule has 0 spiro atoms. The summed E-state index contributed by atoms with van der Waals surface area (Å²) in [5.41, 5.74) is 2.63. The van der Waals surface area contributed by atoms with Crippen molar-refractivity contribution < 1.29 is 17.9 Å². The smallest absolute Gasteiger partial charge is 0.243 e. The van der Waals surface area contributed by atoms with E-state index in [4.69, 9.17) is 4.74 Å². The van der Waals surface area contributed by atoms with Crippen LogP contribution in [0, 0.1) is 13.8 Å². The van der Waals surface area contributed by atoms with Gasteiger partial charge in [-0.1, -0.05) is 19.1 Å². The minimum Gasteiger partial charge on any atom is -0.497 e. The van der Waals surface area contributed by atoms with Crippen LogP contribution in [0.15, 0.2) is 47.4 Å². The number of rotatable bonds is 7. The van der Waals surface area contributed by atoms with Crippen LogP contribution in [0.5, 0.6) is 5.75 Å². The summed E-state index contributed by atoms with van der Waals surface area (Å²) in [6.45, 7) is 5.46. The summed E-state index contributed by atoms with van der Waals surface area (Å²) in [7, 11) is -2.25. The Morgan fingerprint density at radius 3 is 2.35 bits per heavy atom. The summed E-state index contributed by atoms with van der Waals surface area (Å²) < 4.78 is 31.8. The van der Waals surface area contributed by atoms with Crippen LogP contribution in [0.2, 0.25) is 0 Å².